The maximum absolute atomic E-state index is 12.3. The van der Waals surface area contributed by atoms with Crippen molar-refractivity contribution in [3.63, 3.8) is 0 Å². The van der Waals surface area contributed by atoms with Crippen molar-refractivity contribution in [1.82, 2.24) is 24.5 Å². The number of nitrogen functional groups attached to an aromatic ring is 1. The number of anilines is 1. The maximum atomic E-state index is 12.3. The standard InChI is InChI=1S/C19H24N6OS/c1-4-24(5-2)16(26)12-27-19-23-22-17-15(11-14-9-7-6-8-10-14)13(3)21-18(20)25(17)19/h6-10H,4-5,11-12H2,1-3H3,(H2,20,21). The second kappa shape index (κ2) is 8.39. The lowest BCUT2D eigenvalue weighted by Crippen LogP contribution is -2.31. The van der Waals surface area contributed by atoms with Crippen molar-refractivity contribution in [3.8, 4) is 0 Å². The highest BCUT2D eigenvalue weighted by Crippen LogP contribution is 2.25. The predicted octanol–water partition coefficient (Wildman–Crippen LogP) is 2.57. The summed E-state index contributed by atoms with van der Waals surface area (Å²) in [6.45, 7) is 7.26. The van der Waals surface area contributed by atoms with Gasteiger partial charge >= 0.3 is 0 Å². The van der Waals surface area contributed by atoms with Gasteiger partial charge in [0.05, 0.1) is 5.75 Å². The second-order valence-corrected chi connectivity index (χ2v) is 7.14. The zero-order chi connectivity index (χ0) is 19.4. The molecule has 0 bridgehead atoms. The van der Waals surface area contributed by atoms with Gasteiger partial charge in [0.1, 0.15) is 0 Å². The van der Waals surface area contributed by atoms with E-state index in [4.69, 9.17) is 5.73 Å². The number of fused-ring (bicyclic) bond motifs is 1. The number of nitrogens with two attached hydrogens (primary N) is 1. The summed E-state index contributed by atoms with van der Waals surface area (Å²) in [5.41, 5.74) is 9.84. The van der Waals surface area contributed by atoms with Crippen molar-refractivity contribution in [2.45, 2.75) is 32.3 Å². The monoisotopic (exact) mass is 384 g/mol. The third kappa shape index (κ3) is 4.05. The van der Waals surface area contributed by atoms with Gasteiger partial charge in [-0.05, 0) is 26.3 Å². The molecular formula is C19H24N6OS. The minimum Gasteiger partial charge on any atom is -0.369 e. The van der Waals surface area contributed by atoms with Gasteiger partial charge in [-0.3, -0.25) is 4.79 Å². The van der Waals surface area contributed by atoms with Crippen LogP contribution in [0.25, 0.3) is 5.65 Å². The lowest BCUT2D eigenvalue weighted by molar-refractivity contribution is -0.127. The van der Waals surface area contributed by atoms with Gasteiger partial charge < -0.3 is 10.6 Å². The van der Waals surface area contributed by atoms with Crippen LogP contribution in [0, 0.1) is 6.92 Å². The highest BCUT2D eigenvalue weighted by Gasteiger charge is 2.18. The third-order valence-corrected chi connectivity index (χ3v) is 5.43. The van der Waals surface area contributed by atoms with Crippen molar-refractivity contribution in [1.29, 1.82) is 0 Å². The molecule has 0 aliphatic heterocycles. The summed E-state index contributed by atoms with van der Waals surface area (Å²) in [6, 6.07) is 10.2. The Morgan fingerprint density at radius 1 is 1.19 bits per heavy atom. The normalized spacial score (nSPS) is 11.1. The molecule has 0 fully saturated rings. The molecule has 2 aromatic heterocycles. The van der Waals surface area contributed by atoms with Crippen molar-refractivity contribution in [2.75, 3.05) is 24.6 Å². The van der Waals surface area contributed by atoms with Gasteiger partial charge in [0.25, 0.3) is 0 Å². The Morgan fingerprint density at radius 3 is 2.56 bits per heavy atom. The van der Waals surface area contributed by atoms with E-state index in [0.29, 0.717) is 42.0 Å². The molecule has 0 unspecified atom stereocenters. The number of thioether (sulfide) groups is 1. The van der Waals surface area contributed by atoms with Gasteiger partial charge in [-0.2, -0.15) is 0 Å². The number of hydrogen-bond donors (Lipinski definition) is 1. The molecular weight excluding hydrogens is 360 g/mol. The number of nitrogens with zero attached hydrogens (tertiary/aromatic N) is 5. The van der Waals surface area contributed by atoms with Crippen LogP contribution in [0.3, 0.4) is 0 Å². The van der Waals surface area contributed by atoms with E-state index < -0.39 is 0 Å². The van der Waals surface area contributed by atoms with Crippen LogP contribution in [-0.4, -0.2) is 49.2 Å². The molecule has 0 aliphatic carbocycles. The molecule has 27 heavy (non-hydrogen) atoms. The first kappa shape index (κ1) is 19.2. The van der Waals surface area contributed by atoms with Crippen LogP contribution in [0.1, 0.15) is 30.7 Å². The Balaban J connectivity index is 1.91. The summed E-state index contributed by atoms with van der Waals surface area (Å²) in [4.78, 5) is 18.6. The van der Waals surface area contributed by atoms with Crippen LogP contribution in [0.15, 0.2) is 35.5 Å². The van der Waals surface area contributed by atoms with Crippen molar-refractivity contribution in [2.24, 2.45) is 0 Å². The molecule has 0 aliphatic rings. The molecule has 8 heteroatoms. The molecule has 142 valence electrons. The van der Waals surface area contributed by atoms with E-state index >= 15 is 0 Å². The zero-order valence-corrected chi connectivity index (χ0v) is 16.7. The van der Waals surface area contributed by atoms with Crippen molar-refractivity contribution < 1.29 is 4.79 Å². The van der Waals surface area contributed by atoms with Crippen LogP contribution in [-0.2, 0) is 11.2 Å². The van der Waals surface area contributed by atoms with Crippen LogP contribution in [0.2, 0.25) is 0 Å². The molecule has 1 amide bonds. The van der Waals surface area contributed by atoms with Crippen molar-refractivity contribution >= 4 is 29.3 Å². The summed E-state index contributed by atoms with van der Waals surface area (Å²) in [6.07, 6.45) is 0.699. The van der Waals surface area contributed by atoms with E-state index in [0.717, 1.165) is 11.3 Å². The molecule has 0 radical (unpaired) electrons. The molecule has 0 saturated carbocycles. The van der Waals surface area contributed by atoms with E-state index in [1.165, 1.54) is 17.3 Å². The lowest BCUT2D eigenvalue weighted by Gasteiger charge is -2.17. The van der Waals surface area contributed by atoms with E-state index in [9.17, 15) is 4.79 Å². The molecule has 0 atom stereocenters. The first-order chi connectivity index (χ1) is 13.0. The fraction of sp³-hybridized carbons (Fsp3) is 0.368. The first-order valence-corrected chi connectivity index (χ1v) is 9.98. The SMILES string of the molecule is CCN(CC)C(=O)CSc1nnc2c(Cc3ccccc3)c(C)nc(N)n12. The minimum absolute atomic E-state index is 0.0740. The summed E-state index contributed by atoms with van der Waals surface area (Å²) in [5, 5.41) is 9.20. The fourth-order valence-electron chi connectivity index (χ4n) is 3.02. The number of amides is 1. The van der Waals surface area contributed by atoms with Crippen molar-refractivity contribution in [3.05, 3.63) is 47.2 Å². The Bertz CT molecular complexity index is 936. The van der Waals surface area contributed by atoms with E-state index in [1.807, 2.05) is 39.0 Å². The largest absolute Gasteiger partial charge is 0.369 e. The number of aryl methyl sites for hydroxylation is 1. The molecule has 2 N–H and O–H groups in total. The summed E-state index contributed by atoms with van der Waals surface area (Å²) < 4.78 is 1.74. The number of carbonyl (C=O) groups excluding carboxylic acids is 1. The number of hydrogen-bond acceptors (Lipinski definition) is 6. The van der Waals surface area contributed by atoms with Gasteiger partial charge in [0.2, 0.25) is 11.9 Å². The Morgan fingerprint density at radius 2 is 1.89 bits per heavy atom. The van der Waals surface area contributed by atoms with E-state index in [1.54, 1.807) is 9.30 Å². The van der Waals surface area contributed by atoms with Gasteiger partial charge in [-0.15, -0.1) is 10.2 Å². The second-order valence-electron chi connectivity index (χ2n) is 6.19. The molecule has 2 heterocycles. The summed E-state index contributed by atoms with van der Waals surface area (Å²) in [7, 11) is 0. The number of aromatic nitrogens is 4. The zero-order valence-electron chi connectivity index (χ0n) is 15.8. The molecule has 0 saturated heterocycles. The van der Waals surface area contributed by atoms with Crippen LogP contribution >= 0.6 is 11.8 Å². The highest BCUT2D eigenvalue weighted by atomic mass is 32.2. The molecule has 3 aromatic rings. The van der Waals surface area contributed by atoms with Gasteiger partial charge in [0, 0.05) is 30.8 Å². The first-order valence-electron chi connectivity index (χ1n) is 8.99. The topological polar surface area (TPSA) is 89.4 Å². The molecule has 7 nitrogen and oxygen atoms in total. The maximum Gasteiger partial charge on any atom is 0.233 e. The van der Waals surface area contributed by atoms with Crippen LogP contribution in [0.4, 0.5) is 5.95 Å². The summed E-state index contributed by atoms with van der Waals surface area (Å²) >= 11 is 1.34. The molecule has 0 spiro atoms. The Labute approximate surface area is 163 Å². The Hall–Kier alpha value is -2.61. The van der Waals surface area contributed by atoms with Gasteiger partial charge in [-0.25, -0.2) is 9.38 Å². The number of carbonyl (C=O) groups is 1. The average molecular weight is 385 g/mol. The Kier molecular flexibility index (Phi) is 5.95. The fourth-order valence-corrected chi connectivity index (χ4v) is 3.86. The smallest absolute Gasteiger partial charge is 0.233 e. The third-order valence-electron chi connectivity index (χ3n) is 4.52. The van der Waals surface area contributed by atoms with E-state index in [2.05, 4.69) is 27.3 Å². The highest BCUT2D eigenvalue weighted by molar-refractivity contribution is 7.99. The van der Waals surface area contributed by atoms with E-state index in [-0.39, 0.29) is 5.91 Å². The quantitative estimate of drug-likeness (QED) is 0.630. The van der Waals surface area contributed by atoms with Gasteiger partial charge in [-0.1, -0.05) is 42.1 Å². The van der Waals surface area contributed by atoms with Crippen LogP contribution < -0.4 is 5.73 Å². The minimum atomic E-state index is 0.0740. The lowest BCUT2D eigenvalue weighted by atomic mass is 10.0. The van der Waals surface area contributed by atoms with Gasteiger partial charge in [0.15, 0.2) is 10.8 Å². The molecule has 3 rings (SSSR count). The molecule has 1 aromatic carbocycles. The van der Waals surface area contributed by atoms with Crippen LogP contribution in [0.5, 0.6) is 0 Å². The number of benzene rings is 1. The summed E-state index contributed by atoms with van der Waals surface area (Å²) in [5.74, 6) is 0.705. The number of rotatable bonds is 7. The predicted molar refractivity (Wildman–Crippen MR) is 108 cm³/mol. The average Bonchev–Trinajstić information content (AvgIpc) is 3.09.